The van der Waals surface area contributed by atoms with E-state index in [9.17, 15) is 18.0 Å². The van der Waals surface area contributed by atoms with E-state index in [1.165, 1.54) is 12.2 Å². The van der Waals surface area contributed by atoms with Crippen LogP contribution in [0.4, 0.5) is 18.0 Å². The monoisotopic (exact) mass is 404 g/mol. The Morgan fingerprint density at radius 3 is 2.46 bits per heavy atom. The van der Waals surface area contributed by atoms with Crippen molar-refractivity contribution >= 4 is 35.3 Å². The van der Waals surface area contributed by atoms with Crippen LogP contribution in [0.1, 0.15) is 12.2 Å². The number of alkyl halides is 3. The standard InChI is InChI=1S/C17H13Cl2F3N2O2/c18-10-5-9(6-11(19)7-10)14-4-3-13(26-14)2-1-12-8-15(17(20,21)22)24-16(25)23-12/h1-7,12,15H,8H2,(H2,23,24,25)/b2-1+. The Balaban J connectivity index is 1.73. The molecule has 1 aromatic carbocycles. The molecule has 1 aliphatic rings. The molecule has 1 saturated heterocycles. The summed E-state index contributed by atoms with van der Waals surface area (Å²) in [6.07, 6.45) is -1.82. The van der Waals surface area contributed by atoms with Crippen LogP contribution in [0.5, 0.6) is 0 Å². The lowest BCUT2D eigenvalue weighted by molar-refractivity contribution is -0.157. The maximum Gasteiger partial charge on any atom is 0.408 e. The average molecular weight is 405 g/mol. The molecular formula is C17H13Cl2F3N2O2. The smallest absolute Gasteiger partial charge is 0.408 e. The maximum absolute atomic E-state index is 12.8. The Morgan fingerprint density at radius 1 is 1.12 bits per heavy atom. The van der Waals surface area contributed by atoms with Crippen molar-refractivity contribution in [3.8, 4) is 11.3 Å². The van der Waals surface area contributed by atoms with Gasteiger partial charge in [-0.1, -0.05) is 29.3 Å². The highest BCUT2D eigenvalue weighted by Gasteiger charge is 2.44. The summed E-state index contributed by atoms with van der Waals surface area (Å²) in [6, 6.07) is 4.80. The molecule has 1 aromatic heterocycles. The molecule has 4 nitrogen and oxygen atoms in total. The average Bonchev–Trinajstić information content (AvgIpc) is 3.00. The fourth-order valence-electron chi connectivity index (χ4n) is 2.59. The largest absolute Gasteiger partial charge is 0.457 e. The molecule has 2 aromatic rings. The molecule has 3 rings (SSSR count). The maximum atomic E-state index is 12.8. The minimum absolute atomic E-state index is 0.302. The number of carbonyl (C=O) groups excluding carboxylic acids is 1. The quantitative estimate of drug-likeness (QED) is 0.731. The molecule has 2 unspecified atom stereocenters. The molecule has 2 N–H and O–H groups in total. The van der Waals surface area contributed by atoms with Gasteiger partial charge < -0.3 is 15.1 Å². The lowest BCUT2D eigenvalue weighted by Gasteiger charge is -2.30. The molecule has 0 bridgehead atoms. The molecule has 0 spiro atoms. The van der Waals surface area contributed by atoms with Gasteiger partial charge in [0, 0.05) is 22.0 Å². The normalized spacial score (nSPS) is 20.9. The van der Waals surface area contributed by atoms with Crippen molar-refractivity contribution in [2.75, 3.05) is 0 Å². The van der Waals surface area contributed by atoms with Gasteiger partial charge in [0.25, 0.3) is 0 Å². The molecule has 1 fully saturated rings. The lowest BCUT2D eigenvalue weighted by Crippen LogP contribution is -2.58. The first-order valence-corrected chi connectivity index (χ1v) is 8.34. The van der Waals surface area contributed by atoms with E-state index in [0.29, 0.717) is 27.1 Å². The number of carbonyl (C=O) groups is 1. The third kappa shape index (κ3) is 4.53. The zero-order valence-electron chi connectivity index (χ0n) is 13.1. The van der Waals surface area contributed by atoms with Crippen LogP contribution in [-0.2, 0) is 0 Å². The highest BCUT2D eigenvalue weighted by molar-refractivity contribution is 6.35. The van der Waals surface area contributed by atoms with Crippen LogP contribution in [0.25, 0.3) is 17.4 Å². The molecule has 1 aliphatic heterocycles. The van der Waals surface area contributed by atoms with Gasteiger partial charge in [0.2, 0.25) is 0 Å². The Kier molecular flexibility index (Phi) is 5.20. The van der Waals surface area contributed by atoms with E-state index in [1.807, 2.05) is 5.32 Å². The molecule has 0 saturated carbocycles. The molecule has 2 atom stereocenters. The van der Waals surface area contributed by atoms with Gasteiger partial charge in [0.05, 0.1) is 6.04 Å². The van der Waals surface area contributed by atoms with Crippen LogP contribution >= 0.6 is 23.2 Å². The molecule has 138 valence electrons. The highest BCUT2D eigenvalue weighted by atomic mass is 35.5. The van der Waals surface area contributed by atoms with Crippen LogP contribution in [0.3, 0.4) is 0 Å². The van der Waals surface area contributed by atoms with Crippen molar-refractivity contribution in [2.24, 2.45) is 0 Å². The third-order valence-corrected chi connectivity index (χ3v) is 4.21. The van der Waals surface area contributed by atoms with Gasteiger partial charge in [-0.05, 0) is 36.4 Å². The minimum atomic E-state index is -4.49. The van der Waals surface area contributed by atoms with Crippen LogP contribution in [0.15, 0.2) is 40.8 Å². The first-order valence-electron chi connectivity index (χ1n) is 7.59. The number of urea groups is 1. The fourth-order valence-corrected chi connectivity index (χ4v) is 3.11. The van der Waals surface area contributed by atoms with Gasteiger partial charge in [0.15, 0.2) is 0 Å². The number of hydrogen-bond donors (Lipinski definition) is 2. The summed E-state index contributed by atoms with van der Waals surface area (Å²) < 4.78 is 44.0. The Morgan fingerprint density at radius 2 is 1.81 bits per heavy atom. The highest BCUT2D eigenvalue weighted by Crippen LogP contribution is 2.29. The van der Waals surface area contributed by atoms with Crippen LogP contribution in [-0.4, -0.2) is 24.3 Å². The van der Waals surface area contributed by atoms with Gasteiger partial charge in [-0.3, -0.25) is 0 Å². The first kappa shape index (κ1) is 18.7. The second-order valence-electron chi connectivity index (χ2n) is 5.77. The number of amides is 2. The van der Waals surface area contributed by atoms with Crippen molar-refractivity contribution in [2.45, 2.75) is 24.7 Å². The predicted octanol–water partition coefficient (Wildman–Crippen LogP) is 5.27. The topological polar surface area (TPSA) is 54.3 Å². The zero-order valence-corrected chi connectivity index (χ0v) is 14.6. The number of hydrogen-bond acceptors (Lipinski definition) is 2. The molecular weight excluding hydrogens is 392 g/mol. The van der Waals surface area contributed by atoms with Crippen molar-refractivity contribution in [3.05, 3.63) is 52.2 Å². The van der Waals surface area contributed by atoms with E-state index in [-0.39, 0.29) is 6.42 Å². The summed E-state index contributed by atoms with van der Waals surface area (Å²) in [7, 11) is 0. The summed E-state index contributed by atoms with van der Waals surface area (Å²) in [5.41, 5.74) is 0.675. The van der Waals surface area contributed by atoms with Crippen molar-refractivity contribution in [1.82, 2.24) is 10.6 Å². The number of furan rings is 1. The van der Waals surface area contributed by atoms with Crippen molar-refractivity contribution in [3.63, 3.8) is 0 Å². The Hall–Kier alpha value is -2.12. The molecule has 9 heteroatoms. The minimum Gasteiger partial charge on any atom is -0.457 e. The van der Waals surface area contributed by atoms with E-state index >= 15 is 0 Å². The van der Waals surface area contributed by atoms with E-state index in [0.717, 1.165) is 0 Å². The molecule has 2 heterocycles. The predicted molar refractivity (Wildman–Crippen MR) is 93.1 cm³/mol. The number of rotatable bonds is 3. The fraction of sp³-hybridized carbons (Fsp3) is 0.235. The SMILES string of the molecule is O=C1NC(/C=C/c2ccc(-c3cc(Cl)cc(Cl)c3)o2)CC(C(F)(F)F)N1. The Bertz CT molecular complexity index is 829. The van der Waals surface area contributed by atoms with Gasteiger partial charge in [-0.15, -0.1) is 0 Å². The summed E-state index contributed by atoms with van der Waals surface area (Å²) >= 11 is 11.9. The summed E-state index contributed by atoms with van der Waals surface area (Å²) in [4.78, 5) is 11.4. The molecule has 26 heavy (non-hydrogen) atoms. The van der Waals surface area contributed by atoms with Gasteiger partial charge in [-0.25, -0.2) is 4.79 Å². The molecule has 0 aliphatic carbocycles. The number of nitrogens with one attached hydrogen (secondary N) is 2. The van der Waals surface area contributed by atoms with Crippen LogP contribution < -0.4 is 10.6 Å². The number of halogens is 5. The van der Waals surface area contributed by atoms with Gasteiger partial charge >= 0.3 is 12.2 Å². The van der Waals surface area contributed by atoms with Crippen LogP contribution in [0.2, 0.25) is 10.0 Å². The summed E-state index contributed by atoms with van der Waals surface area (Å²) in [5, 5.41) is 5.20. The molecule has 0 radical (unpaired) electrons. The second-order valence-corrected chi connectivity index (χ2v) is 6.65. The van der Waals surface area contributed by atoms with Crippen molar-refractivity contribution < 1.29 is 22.4 Å². The van der Waals surface area contributed by atoms with E-state index in [4.69, 9.17) is 27.6 Å². The van der Waals surface area contributed by atoms with E-state index < -0.39 is 24.3 Å². The summed E-state index contributed by atoms with van der Waals surface area (Å²) in [6.45, 7) is 0. The van der Waals surface area contributed by atoms with Crippen LogP contribution in [0, 0.1) is 0 Å². The second kappa shape index (κ2) is 7.25. The Labute approximate surface area is 157 Å². The van der Waals surface area contributed by atoms with E-state index in [1.54, 1.807) is 30.3 Å². The zero-order chi connectivity index (χ0) is 18.9. The van der Waals surface area contributed by atoms with Gasteiger partial charge in [0.1, 0.15) is 17.6 Å². The third-order valence-electron chi connectivity index (χ3n) is 3.77. The number of benzene rings is 1. The lowest BCUT2D eigenvalue weighted by atomic mass is 10.0. The van der Waals surface area contributed by atoms with E-state index in [2.05, 4.69) is 5.32 Å². The first-order chi connectivity index (χ1) is 12.2. The van der Waals surface area contributed by atoms with Gasteiger partial charge in [-0.2, -0.15) is 13.2 Å². The van der Waals surface area contributed by atoms with Crippen molar-refractivity contribution in [1.29, 1.82) is 0 Å². The molecule has 2 amide bonds. The summed E-state index contributed by atoms with van der Waals surface area (Å²) in [5.74, 6) is 0.934.